The van der Waals surface area contributed by atoms with Crippen molar-refractivity contribution in [2.75, 3.05) is 26.3 Å². The molecule has 2 rings (SSSR count). The van der Waals surface area contributed by atoms with Gasteiger partial charge in [0.25, 0.3) is 5.91 Å². The van der Waals surface area contributed by atoms with Gasteiger partial charge in [-0.1, -0.05) is 11.6 Å². The van der Waals surface area contributed by atoms with E-state index in [9.17, 15) is 13.2 Å². The van der Waals surface area contributed by atoms with E-state index < -0.39 is 10.0 Å². The van der Waals surface area contributed by atoms with Gasteiger partial charge in [-0.05, 0) is 28.1 Å². The van der Waals surface area contributed by atoms with Gasteiger partial charge in [-0.15, -0.1) is 0 Å². The van der Waals surface area contributed by atoms with Crippen molar-refractivity contribution in [3.8, 4) is 0 Å². The van der Waals surface area contributed by atoms with Crippen LogP contribution in [0.25, 0.3) is 0 Å². The van der Waals surface area contributed by atoms with Crippen LogP contribution in [-0.4, -0.2) is 45.5 Å². The molecule has 0 aliphatic carbocycles. The number of primary sulfonamides is 1. The van der Waals surface area contributed by atoms with Crippen molar-refractivity contribution in [3.63, 3.8) is 0 Å². The highest BCUT2D eigenvalue weighted by molar-refractivity contribution is 9.10. The predicted octanol–water partition coefficient (Wildman–Crippen LogP) is 1.22. The van der Waals surface area contributed by atoms with Gasteiger partial charge in [-0.2, -0.15) is 0 Å². The van der Waals surface area contributed by atoms with Crippen LogP contribution in [0.1, 0.15) is 10.4 Å². The highest BCUT2D eigenvalue weighted by Crippen LogP contribution is 2.31. The van der Waals surface area contributed by atoms with Crippen LogP contribution in [0, 0.1) is 0 Å². The third-order valence-corrected chi connectivity index (χ3v) is 5.42. The van der Waals surface area contributed by atoms with Crippen LogP contribution in [0.5, 0.6) is 0 Å². The summed E-state index contributed by atoms with van der Waals surface area (Å²) in [6.07, 6.45) is 0. The van der Waals surface area contributed by atoms with Crippen molar-refractivity contribution in [2.24, 2.45) is 5.14 Å². The van der Waals surface area contributed by atoms with E-state index in [1.807, 2.05) is 0 Å². The Kier molecular flexibility index (Phi) is 4.70. The molecule has 0 aromatic heterocycles. The molecule has 110 valence electrons. The lowest BCUT2D eigenvalue weighted by Gasteiger charge is -2.27. The van der Waals surface area contributed by atoms with E-state index in [2.05, 4.69) is 15.9 Å². The lowest BCUT2D eigenvalue weighted by atomic mass is 10.2. The second kappa shape index (κ2) is 5.98. The second-order valence-electron chi connectivity index (χ2n) is 4.22. The molecular formula is C11H12BrClN2O4S. The maximum atomic E-state index is 12.3. The number of hydrogen-bond acceptors (Lipinski definition) is 4. The zero-order valence-electron chi connectivity index (χ0n) is 10.3. The molecule has 1 amide bonds. The largest absolute Gasteiger partial charge is 0.378 e. The summed E-state index contributed by atoms with van der Waals surface area (Å²) in [6.45, 7) is 1.82. The molecule has 20 heavy (non-hydrogen) atoms. The molecule has 1 saturated heterocycles. The average molecular weight is 384 g/mol. The fraction of sp³-hybridized carbons (Fsp3) is 0.364. The summed E-state index contributed by atoms with van der Waals surface area (Å²) < 4.78 is 28.3. The maximum Gasteiger partial charge on any atom is 0.254 e. The third-order valence-electron chi connectivity index (χ3n) is 2.85. The molecule has 6 nitrogen and oxygen atoms in total. The zero-order chi connectivity index (χ0) is 14.9. The molecule has 0 spiro atoms. The summed E-state index contributed by atoms with van der Waals surface area (Å²) in [5.74, 6) is -0.299. The monoisotopic (exact) mass is 382 g/mol. The predicted molar refractivity (Wildman–Crippen MR) is 77.2 cm³/mol. The van der Waals surface area contributed by atoms with Gasteiger partial charge in [0.15, 0.2) is 0 Å². The number of morpholine rings is 1. The van der Waals surface area contributed by atoms with Crippen LogP contribution in [0.2, 0.25) is 5.02 Å². The molecule has 0 unspecified atom stereocenters. The Labute approximate surface area is 130 Å². The molecule has 0 saturated carbocycles. The molecule has 2 N–H and O–H groups in total. The van der Waals surface area contributed by atoms with Crippen molar-refractivity contribution in [2.45, 2.75) is 4.90 Å². The van der Waals surface area contributed by atoms with Gasteiger partial charge in [0.2, 0.25) is 10.0 Å². The molecule has 1 aliphatic heterocycles. The molecule has 1 heterocycles. The first-order valence-corrected chi connectivity index (χ1v) is 8.41. The SMILES string of the molecule is NS(=O)(=O)c1cc(C(=O)N2CCOCC2)cc(Cl)c1Br. The summed E-state index contributed by atoms with van der Waals surface area (Å²) >= 11 is 9.00. The first kappa shape index (κ1) is 15.7. The summed E-state index contributed by atoms with van der Waals surface area (Å²) in [7, 11) is -3.97. The molecule has 0 bridgehead atoms. The Balaban J connectivity index is 2.42. The summed E-state index contributed by atoms with van der Waals surface area (Å²) in [6, 6.07) is 2.64. The van der Waals surface area contributed by atoms with Gasteiger partial charge >= 0.3 is 0 Å². The number of rotatable bonds is 2. The number of amides is 1. The van der Waals surface area contributed by atoms with Gasteiger partial charge in [0.1, 0.15) is 0 Å². The van der Waals surface area contributed by atoms with Crippen molar-refractivity contribution in [3.05, 3.63) is 27.2 Å². The van der Waals surface area contributed by atoms with Gasteiger partial charge < -0.3 is 9.64 Å². The zero-order valence-corrected chi connectivity index (χ0v) is 13.5. The minimum absolute atomic E-state index is 0.119. The van der Waals surface area contributed by atoms with Crippen LogP contribution < -0.4 is 5.14 Å². The van der Waals surface area contributed by atoms with Crippen LogP contribution >= 0.6 is 27.5 Å². The van der Waals surface area contributed by atoms with E-state index in [1.165, 1.54) is 12.1 Å². The Morgan fingerprint density at radius 1 is 1.35 bits per heavy atom. The van der Waals surface area contributed by atoms with E-state index in [0.717, 1.165) is 0 Å². The van der Waals surface area contributed by atoms with Crippen LogP contribution in [0.4, 0.5) is 0 Å². The number of benzene rings is 1. The van der Waals surface area contributed by atoms with Gasteiger partial charge in [-0.25, -0.2) is 13.6 Å². The second-order valence-corrected chi connectivity index (χ2v) is 6.95. The molecule has 1 aromatic rings. The number of halogens is 2. The number of carbonyl (C=O) groups excluding carboxylic acids is 1. The Morgan fingerprint density at radius 3 is 2.50 bits per heavy atom. The Hall–Kier alpha value is -0.670. The van der Waals surface area contributed by atoms with E-state index in [1.54, 1.807) is 4.90 Å². The number of nitrogens with zero attached hydrogens (tertiary/aromatic N) is 1. The molecular weight excluding hydrogens is 372 g/mol. The minimum atomic E-state index is -3.97. The van der Waals surface area contributed by atoms with Gasteiger partial charge in [0.05, 0.1) is 27.6 Å². The highest BCUT2D eigenvalue weighted by Gasteiger charge is 2.23. The van der Waals surface area contributed by atoms with Crippen molar-refractivity contribution in [1.82, 2.24) is 4.90 Å². The summed E-state index contributed by atoms with van der Waals surface area (Å²) in [4.78, 5) is 13.7. The van der Waals surface area contributed by atoms with Crippen molar-refractivity contribution < 1.29 is 17.9 Å². The fourth-order valence-corrected chi connectivity index (χ4v) is 3.68. The summed E-state index contributed by atoms with van der Waals surface area (Å²) in [5.41, 5.74) is 0.184. The molecule has 0 atom stereocenters. The smallest absolute Gasteiger partial charge is 0.254 e. The molecule has 1 fully saturated rings. The topological polar surface area (TPSA) is 89.7 Å². The highest BCUT2D eigenvalue weighted by atomic mass is 79.9. The Morgan fingerprint density at radius 2 is 1.95 bits per heavy atom. The molecule has 1 aromatic carbocycles. The van der Waals surface area contributed by atoms with Crippen molar-refractivity contribution >= 4 is 43.5 Å². The first-order chi connectivity index (χ1) is 9.30. The molecule has 1 aliphatic rings. The van der Waals surface area contributed by atoms with E-state index in [4.69, 9.17) is 21.5 Å². The fourth-order valence-electron chi connectivity index (χ4n) is 1.84. The first-order valence-electron chi connectivity index (χ1n) is 5.69. The van der Waals surface area contributed by atoms with Gasteiger partial charge in [0, 0.05) is 18.7 Å². The molecule has 9 heteroatoms. The third kappa shape index (κ3) is 3.32. The minimum Gasteiger partial charge on any atom is -0.378 e. The molecule has 0 radical (unpaired) electrons. The lowest BCUT2D eigenvalue weighted by molar-refractivity contribution is 0.0302. The van der Waals surface area contributed by atoms with Crippen LogP contribution in [0.15, 0.2) is 21.5 Å². The number of nitrogens with two attached hydrogens (primary N) is 1. The van der Waals surface area contributed by atoms with Crippen LogP contribution in [-0.2, 0) is 14.8 Å². The number of sulfonamides is 1. The van der Waals surface area contributed by atoms with E-state index in [-0.39, 0.29) is 25.9 Å². The van der Waals surface area contributed by atoms with E-state index in [0.29, 0.717) is 26.3 Å². The van der Waals surface area contributed by atoms with Crippen LogP contribution in [0.3, 0.4) is 0 Å². The van der Waals surface area contributed by atoms with Gasteiger partial charge in [-0.3, -0.25) is 4.79 Å². The summed E-state index contributed by atoms with van der Waals surface area (Å²) in [5, 5.41) is 5.23. The maximum absolute atomic E-state index is 12.3. The van der Waals surface area contributed by atoms with E-state index >= 15 is 0 Å². The van der Waals surface area contributed by atoms with Crippen molar-refractivity contribution in [1.29, 1.82) is 0 Å². The quantitative estimate of drug-likeness (QED) is 0.831. The lowest BCUT2D eigenvalue weighted by Crippen LogP contribution is -2.40. The Bertz CT molecular complexity index is 644. The number of carbonyl (C=O) groups is 1. The number of ether oxygens (including phenoxy) is 1. The standard InChI is InChI=1S/C11H12BrClN2O4S/c12-10-8(13)5-7(6-9(10)20(14,17)18)11(16)15-1-3-19-4-2-15/h5-6H,1-4H2,(H2,14,17,18). The average Bonchev–Trinajstić information content (AvgIpc) is 2.40. The number of hydrogen-bond donors (Lipinski definition) is 1. The normalized spacial score (nSPS) is 16.2.